The van der Waals surface area contributed by atoms with E-state index in [4.69, 9.17) is 4.42 Å². The fraction of sp³-hybridized carbons (Fsp3) is 0.600. The molecule has 0 saturated heterocycles. The monoisotopic (exact) mass is 263 g/mol. The highest BCUT2D eigenvalue weighted by atomic mass is 16.4. The lowest BCUT2D eigenvalue weighted by atomic mass is 9.86. The Morgan fingerprint density at radius 2 is 2.00 bits per heavy atom. The Bertz CT molecular complexity index is 506. The van der Waals surface area contributed by atoms with Gasteiger partial charge >= 0.3 is 5.63 Å². The van der Waals surface area contributed by atoms with Gasteiger partial charge in [0.15, 0.2) is 0 Å². The first-order valence-corrected chi connectivity index (χ1v) is 6.91. The first-order valence-electron chi connectivity index (χ1n) is 6.91. The molecule has 2 atom stereocenters. The van der Waals surface area contributed by atoms with Gasteiger partial charge in [-0.15, -0.1) is 0 Å². The molecule has 1 heterocycles. The smallest absolute Gasteiger partial charge is 0.336 e. The number of carbonyl (C=O) groups excluding carboxylic acids is 1. The van der Waals surface area contributed by atoms with Gasteiger partial charge in [-0.05, 0) is 38.2 Å². The summed E-state index contributed by atoms with van der Waals surface area (Å²) in [5.74, 6) is 0.775. The topological polar surface area (TPSA) is 59.3 Å². The van der Waals surface area contributed by atoms with Crippen molar-refractivity contribution < 1.29 is 9.21 Å². The number of hydrogen-bond acceptors (Lipinski definition) is 3. The van der Waals surface area contributed by atoms with Gasteiger partial charge < -0.3 is 9.73 Å². The van der Waals surface area contributed by atoms with Crippen LogP contribution in [0.3, 0.4) is 0 Å². The van der Waals surface area contributed by atoms with Crippen LogP contribution in [0.4, 0.5) is 0 Å². The number of hydrogen-bond donors (Lipinski definition) is 1. The number of aryl methyl sites for hydroxylation is 2. The molecule has 1 aliphatic rings. The zero-order valence-corrected chi connectivity index (χ0v) is 11.8. The van der Waals surface area contributed by atoms with Gasteiger partial charge in [-0.3, -0.25) is 4.79 Å². The third kappa shape index (κ3) is 3.06. The maximum atomic E-state index is 12.3. The molecule has 1 N–H and O–H groups in total. The van der Waals surface area contributed by atoms with E-state index in [0.29, 0.717) is 22.8 Å². The largest absolute Gasteiger partial charge is 0.427 e. The van der Waals surface area contributed by atoms with Crippen LogP contribution in [0.5, 0.6) is 0 Å². The van der Waals surface area contributed by atoms with Crippen LogP contribution in [-0.2, 0) is 0 Å². The number of rotatable bonds is 2. The van der Waals surface area contributed by atoms with Crippen molar-refractivity contribution in [3.05, 3.63) is 33.4 Å². The summed E-state index contributed by atoms with van der Waals surface area (Å²) >= 11 is 0. The lowest BCUT2D eigenvalue weighted by Gasteiger charge is -2.29. The van der Waals surface area contributed by atoms with Crippen LogP contribution < -0.4 is 10.9 Å². The molecule has 0 bridgehead atoms. The molecule has 1 amide bonds. The molecule has 4 nitrogen and oxygen atoms in total. The van der Waals surface area contributed by atoms with Crippen molar-refractivity contribution >= 4 is 5.91 Å². The SMILES string of the molecule is Cc1cc(=O)oc(C)c1C(=O)NC1CCCCC1C. The van der Waals surface area contributed by atoms with Crippen molar-refractivity contribution in [2.24, 2.45) is 5.92 Å². The molecule has 2 unspecified atom stereocenters. The Balaban J connectivity index is 2.18. The van der Waals surface area contributed by atoms with E-state index in [1.54, 1.807) is 13.8 Å². The summed E-state index contributed by atoms with van der Waals surface area (Å²) < 4.78 is 5.01. The summed E-state index contributed by atoms with van der Waals surface area (Å²) in [7, 11) is 0. The van der Waals surface area contributed by atoms with Gasteiger partial charge in [-0.2, -0.15) is 0 Å². The molecule has 0 radical (unpaired) electrons. The Morgan fingerprint density at radius 1 is 1.32 bits per heavy atom. The summed E-state index contributed by atoms with van der Waals surface area (Å²) in [6.07, 6.45) is 4.59. The van der Waals surface area contributed by atoms with Gasteiger partial charge in [0.1, 0.15) is 5.76 Å². The Morgan fingerprint density at radius 3 is 2.63 bits per heavy atom. The quantitative estimate of drug-likeness (QED) is 0.892. The summed E-state index contributed by atoms with van der Waals surface area (Å²) in [6.45, 7) is 5.60. The Labute approximate surface area is 113 Å². The van der Waals surface area contributed by atoms with E-state index in [9.17, 15) is 9.59 Å². The molecule has 4 heteroatoms. The molecule has 1 fully saturated rings. The highest BCUT2D eigenvalue weighted by Crippen LogP contribution is 2.24. The van der Waals surface area contributed by atoms with Crippen molar-refractivity contribution in [3.8, 4) is 0 Å². The second kappa shape index (κ2) is 5.59. The molecule has 2 rings (SSSR count). The molecule has 0 aromatic carbocycles. The minimum absolute atomic E-state index is 0.127. The van der Waals surface area contributed by atoms with Crippen molar-refractivity contribution in [1.29, 1.82) is 0 Å². The van der Waals surface area contributed by atoms with Crippen molar-refractivity contribution in [2.75, 3.05) is 0 Å². The first-order chi connectivity index (χ1) is 8.99. The highest BCUT2D eigenvalue weighted by Gasteiger charge is 2.25. The van der Waals surface area contributed by atoms with Crippen LogP contribution in [0, 0.1) is 19.8 Å². The predicted molar refractivity (Wildman–Crippen MR) is 73.3 cm³/mol. The van der Waals surface area contributed by atoms with E-state index in [-0.39, 0.29) is 11.9 Å². The van der Waals surface area contributed by atoms with Crippen molar-refractivity contribution in [1.82, 2.24) is 5.32 Å². The minimum atomic E-state index is -0.405. The van der Waals surface area contributed by atoms with E-state index in [1.165, 1.54) is 12.5 Å². The molecule has 104 valence electrons. The second-order valence-electron chi connectivity index (χ2n) is 5.52. The van der Waals surface area contributed by atoms with Crippen LogP contribution in [-0.4, -0.2) is 11.9 Å². The highest BCUT2D eigenvalue weighted by molar-refractivity contribution is 5.96. The minimum Gasteiger partial charge on any atom is -0.427 e. The van der Waals surface area contributed by atoms with E-state index < -0.39 is 5.63 Å². The summed E-state index contributed by atoms with van der Waals surface area (Å²) in [5, 5.41) is 3.09. The fourth-order valence-corrected chi connectivity index (χ4v) is 2.87. The van der Waals surface area contributed by atoms with Gasteiger partial charge in [0.05, 0.1) is 5.56 Å². The van der Waals surface area contributed by atoms with Crippen LogP contribution in [0.1, 0.15) is 54.3 Å². The molecule has 0 spiro atoms. The normalized spacial score (nSPS) is 23.1. The summed E-state index contributed by atoms with van der Waals surface area (Å²) in [4.78, 5) is 23.6. The Hall–Kier alpha value is -1.58. The van der Waals surface area contributed by atoms with Crippen molar-refractivity contribution in [3.63, 3.8) is 0 Å². The lowest BCUT2D eigenvalue weighted by Crippen LogP contribution is -2.41. The Kier molecular flexibility index (Phi) is 4.08. The standard InChI is InChI=1S/C15H21NO3/c1-9-6-4-5-7-12(9)16-15(18)14-10(2)8-13(17)19-11(14)3/h8-9,12H,4-7H2,1-3H3,(H,16,18). The second-order valence-corrected chi connectivity index (χ2v) is 5.52. The molecular formula is C15H21NO3. The molecule has 0 aliphatic heterocycles. The van der Waals surface area contributed by atoms with Crippen molar-refractivity contribution in [2.45, 2.75) is 52.5 Å². The molecule has 1 aromatic rings. The van der Waals surface area contributed by atoms with E-state index >= 15 is 0 Å². The zero-order chi connectivity index (χ0) is 14.0. The number of nitrogens with one attached hydrogen (secondary N) is 1. The van der Waals surface area contributed by atoms with Crippen LogP contribution in [0.15, 0.2) is 15.3 Å². The lowest BCUT2D eigenvalue weighted by molar-refractivity contribution is 0.0906. The number of amides is 1. The maximum absolute atomic E-state index is 12.3. The summed E-state index contributed by atoms with van der Waals surface area (Å²) in [6, 6.07) is 1.60. The van der Waals surface area contributed by atoms with E-state index in [2.05, 4.69) is 12.2 Å². The average Bonchev–Trinajstić information content (AvgIpc) is 2.30. The molecule has 19 heavy (non-hydrogen) atoms. The zero-order valence-electron chi connectivity index (χ0n) is 11.8. The molecule has 1 saturated carbocycles. The van der Waals surface area contributed by atoms with Gasteiger partial charge in [-0.1, -0.05) is 19.8 Å². The maximum Gasteiger partial charge on any atom is 0.336 e. The predicted octanol–water partition coefficient (Wildman–Crippen LogP) is 2.57. The first kappa shape index (κ1) is 13.8. The van der Waals surface area contributed by atoms with Gasteiger partial charge in [0.25, 0.3) is 5.91 Å². The third-order valence-electron chi connectivity index (χ3n) is 3.99. The van der Waals surface area contributed by atoms with E-state index in [1.807, 2.05) is 0 Å². The molecule has 1 aromatic heterocycles. The third-order valence-corrected chi connectivity index (χ3v) is 3.99. The van der Waals surface area contributed by atoms with E-state index in [0.717, 1.165) is 19.3 Å². The van der Waals surface area contributed by atoms with Gasteiger partial charge in [0, 0.05) is 12.1 Å². The van der Waals surface area contributed by atoms with Crippen LogP contribution in [0.25, 0.3) is 0 Å². The molecule has 1 aliphatic carbocycles. The number of carbonyl (C=O) groups is 1. The van der Waals surface area contributed by atoms with Gasteiger partial charge in [0.2, 0.25) is 0 Å². The molecular weight excluding hydrogens is 242 g/mol. The van der Waals surface area contributed by atoms with Crippen LogP contribution in [0.2, 0.25) is 0 Å². The fourth-order valence-electron chi connectivity index (χ4n) is 2.87. The average molecular weight is 263 g/mol. The summed E-state index contributed by atoms with van der Waals surface area (Å²) in [5.41, 5.74) is 0.768. The van der Waals surface area contributed by atoms with Gasteiger partial charge in [-0.25, -0.2) is 4.79 Å². The van der Waals surface area contributed by atoms with Crippen LogP contribution >= 0.6 is 0 Å².